The molecule has 0 aliphatic carbocycles. The van der Waals surface area contributed by atoms with Crippen LogP contribution >= 0.6 is 0 Å². The summed E-state index contributed by atoms with van der Waals surface area (Å²) in [6, 6.07) is 23.1. The van der Waals surface area contributed by atoms with Gasteiger partial charge in [0.25, 0.3) is 0 Å². The molecule has 0 heterocycles. The highest BCUT2D eigenvalue weighted by Gasteiger charge is 2.02. The topological polar surface area (TPSA) is 27.0 Å². The summed E-state index contributed by atoms with van der Waals surface area (Å²) in [5, 5.41) is 8.60. The van der Waals surface area contributed by atoms with Gasteiger partial charge in [-0.1, -0.05) is 66.7 Å². The van der Waals surface area contributed by atoms with E-state index < -0.39 is 0 Å². The van der Waals surface area contributed by atoms with Gasteiger partial charge in [-0.05, 0) is 23.7 Å². The fraction of sp³-hybridized carbons (Fsp3) is 0.211. The van der Waals surface area contributed by atoms with Gasteiger partial charge in [0.15, 0.2) is 0 Å². The number of benzene rings is 2. The first-order valence-corrected chi connectivity index (χ1v) is 7.24. The van der Waals surface area contributed by atoms with Gasteiger partial charge in [-0.2, -0.15) is 5.26 Å². The van der Waals surface area contributed by atoms with Crippen LogP contribution in [-0.4, -0.2) is 4.90 Å². The van der Waals surface area contributed by atoms with Crippen LogP contribution in [0.3, 0.4) is 0 Å². The first-order chi connectivity index (χ1) is 10.4. The van der Waals surface area contributed by atoms with Gasteiger partial charge < -0.3 is 4.90 Å². The number of rotatable bonds is 7. The normalized spacial score (nSPS) is 10.4. The van der Waals surface area contributed by atoms with E-state index in [1.807, 2.05) is 12.1 Å². The number of allylic oxidation sites excluding steroid dienone is 1. The summed E-state index contributed by atoms with van der Waals surface area (Å²) in [4.78, 5) is 2.28. The Kier molecular flexibility index (Phi) is 6.09. The van der Waals surface area contributed by atoms with Crippen molar-refractivity contribution >= 4 is 0 Å². The molecule has 0 N–H and O–H groups in total. The third-order valence-corrected chi connectivity index (χ3v) is 3.20. The number of hydrogen-bond donors (Lipinski definition) is 0. The van der Waals surface area contributed by atoms with Gasteiger partial charge in [0.1, 0.15) is 0 Å². The predicted molar refractivity (Wildman–Crippen MR) is 86.1 cm³/mol. The van der Waals surface area contributed by atoms with Crippen molar-refractivity contribution in [1.82, 2.24) is 4.90 Å². The Morgan fingerprint density at radius 2 is 1.38 bits per heavy atom. The number of hydrogen-bond acceptors (Lipinski definition) is 2. The first kappa shape index (κ1) is 14.9. The lowest BCUT2D eigenvalue weighted by atomic mass is 10.2. The third kappa shape index (κ3) is 5.54. The van der Waals surface area contributed by atoms with E-state index in [-0.39, 0.29) is 0 Å². The third-order valence-electron chi connectivity index (χ3n) is 3.20. The van der Waals surface area contributed by atoms with Gasteiger partial charge in [-0.3, -0.25) is 0 Å². The molecule has 0 unspecified atom stereocenters. The van der Waals surface area contributed by atoms with E-state index in [4.69, 9.17) is 5.26 Å². The van der Waals surface area contributed by atoms with Crippen molar-refractivity contribution in [3.8, 4) is 6.07 Å². The molecule has 0 saturated carbocycles. The molecular weight excluding hydrogens is 256 g/mol. The first-order valence-electron chi connectivity index (χ1n) is 7.24. The predicted octanol–water partition coefficient (Wildman–Crippen LogP) is 4.51. The maximum Gasteiger partial charge on any atom is 0.0625 e. The van der Waals surface area contributed by atoms with Gasteiger partial charge in [0.05, 0.1) is 6.07 Å². The zero-order chi connectivity index (χ0) is 14.8. The second-order valence-corrected chi connectivity index (χ2v) is 4.96. The largest absolute Gasteiger partial charge is 0.369 e. The van der Waals surface area contributed by atoms with Crippen LogP contribution in [0.5, 0.6) is 0 Å². The molecule has 2 heteroatoms. The summed E-state index contributed by atoms with van der Waals surface area (Å²) in [6.07, 6.45) is 5.56. The van der Waals surface area contributed by atoms with E-state index in [2.05, 4.69) is 71.8 Å². The molecule has 2 nitrogen and oxygen atoms in total. The maximum atomic E-state index is 8.60. The highest BCUT2D eigenvalue weighted by molar-refractivity contribution is 5.17. The summed E-state index contributed by atoms with van der Waals surface area (Å²) in [5.41, 5.74) is 2.58. The average Bonchev–Trinajstić information content (AvgIpc) is 2.53. The highest BCUT2D eigenvalue weighted by Crippen LogP contribution is 2.11. The van der Waals surface area contributed by atoms with Crippen molar-refractivity contribution in [3.63, 3.8) is 0 Å². The molecule has 0 aromatic heterocycles. The lowest BCUT2D eigenvalue weighted by Crippen LogP contribution is -2.16. The van der Waals surface area contributed by atoms with Crippen LogP contribution in [0.2, 0.25) is 0 Å². The molecule has 0 atom stereocenters. The molecule has 21 heavy (non-hydrogen) atoms. The van der Waals surface area contributed by atoms with E-state index >= 15 is 0 Å². The summed E-state index contributed by atoms with van der Waals surface area (Å²) >= 11 is 0. The van der Waals surface area contributed by atoms with Crippen molar-refractivity contribution in [1.29, 1.82) is 5.26 Å². The minimum Gasteiger partial charge on any atom is -0.369 e. The standard InChI is InChI=1S/C19H20N2/c20-14-8-3-9-15-21(16-18-10-4-1-5-11-18)17-19-12-6-2-7-13-19/h1-2,4-7,9-13,15H,3,8,16-17H2. The van der Waals surface area contributed by atoms with E-state index in [1.54, 1.807) is 0 Å². The van der Waals surface area contributed by atoms with Crippen LogP contribution < -0.4 is 0 Å². The number of nitriles is 1. The quantitative estimate of drug-likeness (QED) is 0.696. The van der Waals surface area contributed by atoms with Gasteiger partial charge in [0.2, 0.25) is 0 Å². The van der Waals surface area contributed by atoms with Crippen molar-refractivity contribution in [2.75, 3.05) is 0 Å². The lowest BCUT2D eigenvalue weighted by molar-refractivity contribution is 0.360. The Morgan fingerprint density at radius 1 is 0.857 bits per heavy atom. The van der Waals surface area contributed by atoms with E-state index in [0.717, 1.165) is 19.5 Å². The molecule has 0 fully saturated rings. The maximum absolute atomic E-state index is 8.60. The van der Waals surface area contributed by atoms with Crippen LogP contribution in [-0.2, 0) is 13.1 Å². The monoisotopic (exact) mass is 276 g/mol. The molecule has 0 aliphatic heterocycles. The molecule has 0 amide bonds. The van der Waals surface area contributed by atoms with Crippen LogP contribution in [0.25, 0.3) is 0 Å². The zero-order valence-electron chi connectivity index (χ0n) is 12.2. The number of nitrogens with zero attached hydrogens (tertiary/aromatic N) is 2. The Morgan fingerprint density at radius 3 is 1.86 bits per heavy atom. The highest BCUT2D eigenvalue weighted by atomic mass is 15.1. The van der Waals surface area contributed by atoms with Crippen molar-refractivity contribution in [2.24, 2.45) is 0 Å². The molecule has 106 valence electrons. The van der Waals surface area contributed by atoms with Gasteiger partial charge in [0, 0.05) is 19.5 Å². The molecule has 0 bridgehead atoms. The summed E-state index contributed by atoms with van der Waals surface area (Å²) < 4.78 is 0. The molecule has 2 aromatic rings. The summed E-state index contributed by atoms with van der Waals surface area (Å²) in [7, 11) is 0. The van der Waals surface area contributed by atoms with Crippen molar-refractivity contribution in [3.05, 3.63) is 84.1 Å². The Hall–Kier alpha value is -2.53. The fourth-order valence-corrected chi connectivity index (χ4v) is 2.17. The Labute approximate surface area is 127 Å². The van der Waals surface area contributed by atoms with Gasteiger partial charge in [-0.25, -0.2) is 0 Å². The average molecular weight is 276 g/mol. The van der Waals surface area contributed by atoms with Gasteiger partial charge >= 0.3 is 0 Å². The second kappa shape index (κ2) is 8.60. The molecule has 0 aliphatic rings. The Balaban J connectivity index is 2.03. The molecule has 0 saturated heterocycles. The van der Waals surface area contributed by atoms with E-state index in [0.29, 0.717) is 6.42 Å². The molecule has 2 aromatic carbocycles. The second-order valence-electron chi connectivity index (χ2n) is 4.96. The summed E-state index contributed by atoms with van der Waals surface area (Å²) in [5.74, 6) is 0. The molecule has 0 radical (unpaired) electrons. The van der Waals surface area contributed by atoms with Crippen LogP contribution in [0.15, 0.2) is 72.9 Å². The fourth-order valence-electron chi connectivity index (χ4n) is 2.17. The van der Waals surface area contributed by atoms with Crippen LogP contribution in [0.1, 0.15) is 24.0 Å². The Bertz CT molecular complexity index is 540. The minimum atomic E-state index is 0.570. The lowest BCUT2D eigenvalue weighted by Gasteiger charge is -2.21. The van der Waals surface area contributed by atoms with Crippen molar-refractivity contribution in [2.45, 2.75) is 25.9 Å². The van der Waals surface area contributed by atoms with E-state index in [1.165, 1.54) is 11.1 Å². The van der Waals surface area contributed by atoms with Crippen LogP contribution in [0.4, 0.5) is 0 Å². The van der Waals surface area contributed by atoms with Gasteiger partial charge in [-0.15, -0.1) is 0 Å². The smallest absolute Gasteiger partial charge is 0.0625 e. The van der Waals surface area contributed by atoms with Crippen LogP contribution in [0, 0.1) is 11.3 Å². The number of unbranched alkanes of at least 4 members (excludes halogenated alkanes) is 1. The summed E-state index contributed by atoms with van der Waals surface area (Å²) in [6.45, 7) is 1.75. The molecular formula is C19H20N2. The minimum absolute atomic E-state index is 0.570. The SMILES string of the molecule is N#CCCC=CN(Cc1ccccc1)Cc1ccccc1. The van der Waals surface area contributed by atoms with Crippen molar-refractivity contribution < 1.29 is 0 Å². The van der Waals surface area contributed by atoms with E-state index in [9.17, 15) is 0 Å². The zero-order valence-corrected chi connectivity index (χ0v) is 12.2. The molecule has 2 rings (SSSR count). The molecule has 0 spiro atoms.